The molecule has 0 fully saturated rings. The SMILES string of the molecule is COCCNC(=O)CN(C)S(=O)(=O)CCCCl. The summed E-state index contributed by atoms with van der Waals surface area (Å²) in [6.07, 6.45) is 0.375. The van der Waals surface area contributed by atoms with Gasteiger partial charge in [0.05, 0.1) is 18.9 Å². The molecule has 17 heavy (non-hydrogen) atoms. The summed E-state index contributed by atoms with van der Waals surface area (Å²) < 4.78 is 29.0. The van der Waals surface area contributed by atoms with E-state index in [4.69, 9.17) is 16.3 Å². The molecule has 1 amide bonds. The van der Waals surface area contributed by atoms with Gasteiger partial charge in [-0.3, -0.25) is 4.79 Å². The number of halogens is 1. The fourth-order valence-corrected chi connectivity index (χ4v) is 2.47. The molecule has 102 valence electrons. The van der Waals surface area contributed by atoms with Crippen molar-refractivity contribution >= 4 is 27.5 Å². The molecule has 6 nitrogen and oxygen atoms in total. The van der Waals surface area contributed by atoms with Crippen LogP contribution in [0.5, 0.6) is 0 Å². The minimum absolute atomic E-state index is 0.0433. The van der Waals surface area contributed by atoms with Crippen LogP contribution < -0.4 is 5.32 Å². The second-order valence-corrected chi connectivity index (χ2v) is 6.03. The Hall–Kier alpha value is -0.370. The summed E-state index contributed by atoms with van der Waals surface area (Å²) in [6, 6.07) is 0. The topological polar surface area (TPSA) is 75.7 Å². The number of amides is 1. The molecule has 0 atom stereocenters. The molecule has 0 bridgehead atoms. The molecular weight excluding hydrogens is 268 g/mol. The zero-order valence-electron chi connectivity index (χ0n) is 10.1. The maximum absolute atomic E-state index is 11.6. The third-order valence-corrected chi connectivity index (χ3v) is 4.16. The molecule has 0 unspecified atom stereocenters. The number of nitrogens with one attached hydrogen (secondary N) is 1. The molecule has 0 aromatic heterocycles. The van der Waals surface area contributed by atoms with Crippen LogP contribution in [0.2, 0.25) is 0 Å². The first kappa shape index (κ1) is 16.6. The van der Waals surface area contributed by atoms with Gasteiger partial charge in [-0.05, 0) is 6.42 Å². The number of rotatable bonds is 9. The largest absolute Gasteiger partial charge is 0.383 e. The number of likely N-dealkylation sites (N-methyl/N-ethyl adjacent to an activating group) is 1. The second kappa shape index (κ2) is 8.68. The fourth-order valence-electron chi connectivity index (χ4n) is 1.04. The van der Waals surface area contributed by atoms with Crippen molar-refractivity contribution in [2.45, 2.75) is 6.42 Å². The number of hydrogen-bond acceptors (Lipinski definition) is 4. The van der Waals surface area contributed by atoms with E-state index in [9.17, 15) is 13.2 Å². The number of sulfonamides is 1. The van der Waals surface area contributed by atoms with Crippen LogP contribution >= 0.6 is 11.6 Å². The van der Waals surface area contributed by atoms with Crippen LogP contribution in [0.4, 0.5) is 0 Å². The van der Waals surface area contributed by atoms with Gasteiger partial charge >= 0.3 is 0 Å². The van der Waals surface area contributed by atoms with Crippen LogP contribution in [0.15, 0.2) is 0 Å². The molecule has 1 N–H and O–H groups in total. The summed E-state index contributed by atoms with van der Waals surface area (Å²) in [5.41, 5.74) is 0. The van der Waals surface area contributed by atoms with Crippen molar-refractivity contribution in [3.63, 3.8) is 0 Å². The van der Waals surface area contributed by atoms with Crippen LogP contribution in [-0.2, 0) is 19.6 Å². The van der Waals surface area contributed by atoms with Gasteiger partial charge in [-0.25, -0.2) is 8.42 Å². The van der Waals surface area contributed by atoms with Crippen molar-refractivity contribution in [2.24, 2.45) is 0 Å². The molecule has 0 heterocycles. The maximum atomic E-state index is 11.6. The van der Waals surface area contributed by atoms with E-state index in [2.05, 4.69) is 5.32 Å². The van der Waals surface area contributed by atoms with Gasteiger partial charge in [0.2, 0.25) is 15.9 Å². The third kappa shape index (κ3) is 7.54. The first-order valence-electron chi connectivity index (χ1n) is 5.19. The molecule has 8 heteroatoms. The van der Waals surface area contributed by atoms with E-state index in [1.165, 1.54) is 14.2 Å². The number of hydrogen-bond donors (Lipinski definition) is 1. The monoisotopic (exact) mass is 286 g/mol. The summed E-state index contributed by atoms with van der Waals surface area (Å²) in [4.78, 5) is 11.3. The van der Waals surface area contributed by atoms with Crippen LogP contribution in [-0.4, -0.2) is 64.1 Å². The van der Waals surface area contributed by atoms with Crippen molar-refractivity contribution in [2.75, 3.05) is 45.5 Å². The van der Waals surface area contributed by atoms with E-state index in [1.807, 2.05) is 0 Å². The van der Waals surface area contributed by atoms with Gasteiger partial charge in [0.15, 0.2) is 0 Å². The van der Waals surface area contributed by atoms with E-state index in [0.29, 0.717) is 19.6 Å². The van der Waals surface area contributed by atoms with E-state index in [1.54, 1.807) is 0 Å². The number of alkyl halides is 1. The van der Waals surface area contributed by atoms with E-state index < -0.39 is 10.0 Å². The molecule has 0 aromatic carbocycles. The van der Waals surface area contributed by atoms with E-state index in [-0.39, 0.29) is 24.1 Å². The van der Waals surface area contributed by atoms with Crippen LogP contribution in [0.1, 0.15) is 6.42 Å². The summed E-state index contributed by atoms with van der Waals surface area (Å²) in [5, 5.41) is 2.55. The van der Waals surface area contributed by atoms with Crippen molar-refractivity contribution in [3.05, 3.63) is 0 Å². The van der Waals surface area contributed by atoms with Gasteiger partial charge < -0.3 is 10.1 Å². The summed E-state index contributed by atoms with van der Waals surface area (Å²) in [6.45, 7) is 0.577. The fraction of sp³-hybridized carbons (Fsp3) is 0.889. The smallest absolute Gasteiger partial charge is 0.235 e. The standard InChI is InChI=1S/C9H19ClN2O4S/c1-12(17(14,15)7-3-4-10)8-9(13)11-5-6-16-2/h3-8H2,1-2H3,(H,11,13). The minimum Gasteiger partial charge on any atom is -0.383 e. The van der Waals surface area contributed by atoms with Crippen LogP contribution in [0, 0.1) is 0 Å². The van der Waals surface area contributed by atoms with Gasteiger partial charge in [0, 0.05) is 26.6 Å². The lowest BCUT2D eigenvalue weighted by atomic mass is 10.5. The Morgan fingerprint density at radius 1 is 1.47 bits per heavy atom. The lowest BCUT2D eigenvalue weighted by Gasteiger charge is -2.16. The first-order chi connectivity index (χ1) is 7.94. The predicted molar refractivity (Wildman–Crippen MR) is 66.6 cm³/mol. The summed E-state index contributed by atoms with van der Waals surface area (Å²) in [7, 11) is -0.494. The van der Waals surface area contributed by atoms with Crippen LogP contribution in [0.3, 0.4) is 0 Å². The highest BCUT2D eigenvalue weighted by Gasteiger charge is 2.19. The minimum atomic E-state index is -3.39. The van der Waals surface area contributed by atoms with Crippen molar-refractivity contribution in [1.82, 2.24) is 9.62 Å². The van der Waals surface area contributed by atoms with Gasteiger partial charge in [0.1, 0.15) is 0 Å². The quantitative estimate of drug-likeness (QED) is 0.464. The van der Waals surface area contributed by atoms with Gasteiger partial charge in [-0.1, -0.05) is 0 Å². The highest BCUT2D eigenvalue weighted by atomic mass is 35.5. The highest BCUT2D eigenvalue weighted by molar-refractivity contribution is 7.89. The average Bonchev–Trinajstić information content (AvgIpc) is 2.26. The molecule has 0 spiro atoms. The Morgan fingerprint density at radius 3 is 2.65 bits per heavy atom. The zero-order chi connectivity index (χ0) is 13.3. The van der Waals surface area contributed by atoms with Crippen molar-refractivity contribution < 1.29 is 17.9 Å². The molecule has 0 aliphatic heterocycles. The Kier molecular flexibility index (Phi) is 8.49. The number of carbonyl (C=O) groups excluding carboxylic acids is 1. The normalized spacial score (nSPS) is 11.8. The molecule has 0 saturated heterocycles. The third-order valence-electron chi connectivity index (χ3n) is 2.01. The number of nitrogens with zero attached hydrogens (tertiary/aromatic N) is 1. The molecule has 0 aliphatic carbocycles. The number of carbonyl (C=O) groups is 1. The summed E-state index contributed by atoms with van der Waals surface area (Å²) in [5.74, 6) is -0.107. The highest BCUT2D eigenvalue weighted by Crippen LogP contribution is 2.00. The van der Waals surface area contributed by atoms with Crippen molar-refractivity contribution in [3.8, 4) is 0 Å². The van der Waals surface area contributed by atoms with E-state index in [0.717, 1.165) is 4.31 Å². The Morgan fingerprint density at radius 2 is 2.12 bits per heavy atom. The molecule has 0 radical (unpaired) electrons. The number of ether oxygens (including phenoxy) is 1. The molecule has 0 saturated carbocycles. The number of methoxy groups -OCH3 is 1. The second-order valence-electron chi connectivity index (χ2n) is 3.46. The summed E-state index contributed by atoms with van der Waals surface area (Å²) >= 11 is 5.43. The Bertz CT molecular complexity index is 321. The predicted octanol–water partition coefficient (Wildman–Crippen LogP) is -0.360. The van der Waals surface area contributed by atoms with Crippen molar-refractivity contribution in [1.29, 1.82) is 0 Å². The molecule has 0 aromatic rings. The lowest BCUT2D eigenvalue weighted by Crippen LogP contribution is -2.40. The van der Waals surface area contributed by atoms with Gasteiger partial charge in [0.25, 0.3) is 0 Å². The first-order valence-corrected chi connectivity index (χ1v) is 7.34. The Labute approximate surface area is 107 Å². The van der Waals surface area contributed by atoms with Gasteiger partial charge in [-0.2, -0.15) is 4.31 Å². The molecular formula is C9H19ClN2O4S. The molecule has 0 rings (SSSR count). The average molecular weight is 287 g/mol. The van der Waals surface area contributed by atoms with Crippen LogP contribution in [0.25, 0.3) is 0 Å². The lowest BCUT2D eigenvalue weighted by molar-refractivity contribution is -0.121. The van der Waals surface area contributed by atoms with E-state index >= 15 is 0 Å². The Balaban J connectivity index is 4.06. The molecule has 0 aliphatic rings. The van der Waals surface area contributed by atoms with Gasteiger partial charge in [-0.15, -0.1) is 11.6 Å². The zero-order valence-corrected chi connectivity index (χ0v) is 11.7. The maximum Gasteiger partial charge on any atom is 0.235 e.